The fraction of sp³-hybridized carbons (Fsp3) is 1.00. The molecule has 0 bridgehead atoms. The Kier molecular flexibility index (Phi) is 4.90. The lowest BCUT2D eigenvalue weighted by atomic mass is 10.1. The summed E-state index contributed by atoms with van der Waals surface area (Å²) in [4.78, 5) is 0. The normalized spacial score (nSPS) is 30.6. The first kappa shape index (κ1) is 12.0. The van der Waals surface area contributed by atoms with E-state index in [0.717, 1.165) is 25.0 Å². The van der Waals surface area contributed by atoms with E-state index in [2.05, 4.69) is 27.7 Å². The zero-order valence-electron chi connectivity index (χ0n) is 9.95. The van der Waals surface area contributed by atoms with Gasteiger partial charge in [0, 0.05) is 0 Å². The predicted molar refractivity (Wildman–Crippen MR) is 58.4 cm³/mol. The van der Waals surface area contributed by atoms with Crippen molar-refractivity contribution in [3.8, 4) is 0 Å². The minimum atomic E-state index is 0.616. The van der Waals surface area contributed by atoms with Gasteiger partial charge >= 0.3 is 0 Å². The monoisotopic (exact) mass is 200 g/mol. The van der Waals surface area contributed by atoms with Crippen LogP contribution in [0.4, 0.5) is 0 Å². The topological polar surface area (TPSA) is 25.1 Å². The molecule has 3 atom stereocenters. The Hall–Kier alpha value is -0.0800. The molecular formula is C12H24O2. The fourth-order valence-corrected chi connectivity index (χ4v) is 1.38. The molecule has 0 aliphatic carbocycles. The second kappa shape index (κ2) is 5.72. The average Bonchev–Trinajstić information content (AvgIpc) is 2.95. The minimum absolute atomic E-state index is 0.616. The van der Waals surface area contributed by atoms with Gasteiger partial charge in [-0.3, -0.25) is 0 Å². The highest BCUT2D eigenvalue weighted by Crippen LogP contribution is 2.21. The van der Waals surface area contributed by atoms with Gasteiger partial charge in [-0.15, -0.1) is 0 Å². The molecule has 0 aromatic carbocycles. The second-order valence-corrected chi connectivity index (χ2v) is 4.84. The van der Waals surface area contributed by atoms with Crippen molar-refractivity contribution in [2.75, 3.05) is 13.2 Å². The van der Waals surface area contributed by atoms with Crippen molar-refractivity contribution in [1.82, 2.24) is 0 Å². The largest absolute Gasteiger partial charge is 0.373 e. The Balaban J connectivity index is 0.000000140. The van der Waals surface area contributed by atoms with Crippen LogP contribution in [0.25, 0.3) is 0 Å². The summed E-state index contributed by atoms with van der Waals surface area (Å²) >= 11 is 0. The maximum absolute atomic E-state index is 5.06. The summed E-state index contributed by atoms with van der Waals surface area (Å²) in [5.41, 5.74) is 0. The highest BCUT2D eigenvalue weighted by atomic mass is 16.6. The van der Waals surface area contributed by atoms with Crippen LogP contribution in [0.3, 0.4) is 0 Å². The molecule has 0 spiro atoms. The summed E-state index contributed by atoms with van der Waals surface area (Å²) in [6, 6.07) is 0. The molecule has 2 rings (SSSR count). The van der Waals surface area contributed by atoms with Gasteiger partial charge in [0.2, 0.25) is 0 Å². The first-order valence-corrected chi connectivity index (χ1v) is 5.86. The third-order valence-electron chi connectivity index (χ3n) is 2.77. The summed E-state index contributed by atoms with van der Waals surface area (Å²) < 4.78 is 10.1. The molecule has 0 aromatic rings. The number of hydrogen-bond donors (Lipinski definition) is 0. The smallest absolute Gasteiger partial charge is 0.0835 e. The van der Waals surface area contributed by atoms with Crippen LogP contribution in [0, 0.1) is 11.8 Å². The number of hydrogen-bond acceptors (Lipinski definition) is 2. The van der Waals surface area contributed by atoms with Crippen LogP contribution in [-0.4, -0.2) is 25.4 Å². The summed E-state index contributed by atoms with van der Waals surface area (Å²) in [6.45, 7) is 10.9. The van der Waals surface area contributed by atoms with Crippen LogP contribution in [-0.2, 0) is 9.47 Å². The lowest BCUT2D eigenvalue weighted by molar-refractivity contribution is 0.337. The van der Waals surface area contributed by atoms with Crippen molar-refractivity contribution < 1.29 is 9.47 Å². The van der Waals surface area contributed by atoms with Crippen molar-refractivity contribution in [3.05, 3.63) is 0 Å². The molecule has 0 N–H and O–H groups in total. The molecule has 0 radical (unpaired) electrons. The Morgan fingerprint density at radius 3 is 1.86 bits per heavy atom. The zero-order chi connectivity index (χ0) is 10.6. The van der Waals surface area contributed by atoms with Gasteiger partial charge in [0.1, 0.15) is 0 Å². The van der Waals surface area contributed by atoms with E-state index in [9.17, 15) is 0 Å². The van der Waals surface area contributed by atoms with Crippen molar-refractivity contribution in [3.63, 3.8) is 0 Å². The Bertz CT molecular complexity index is 148. The highest BCUT2D eigenvalue weighted by molar-refractivity contribution is 4.74. The number of rotatable bonds is 4. The Morgan fingerprint density at radius 1 is 1.14 bits per heavy atom. The first-order valence-electron chi connectivity index (χ1n) is 5.86. The second-order valence-electron chi connectivity index (χ2n) is 4.84. The molecular weight excluding hydrogens is 176 g/mol. The van der Waals surface area contributed by atoms with Gasteiger partial charge in [0.15, 0.2) is 0 Å². The molecule has 0 amide bonds. The molecule has 2 aliphatic rings. The molecule has 2 saturated heterocycles. The number of epoxide rings is 2. The predicted octanol–water partition coefficient (Wildman–Crippen LogP) is 2.86. The van der Waals surface area contributed by atoms with Crippen molar-refractivity contribution in [1.29, 1.82) is 0 Å². The Morgan fingerprint density at radius 2 is 1.71 bits per heavy atom. The van der Waals surface area contributed by atoms with E-state index in [4.69, 9.17) is 9.47 Å². The maximum atomic E-state index is 5.06. The summed E-state index contributed by atoms with van der Waals surface area (Å²) in [7, 11) is 0. The third kappa shape index (κ3) is 5.61. The van der Waals surface area contributed by atoms with Gasteiger partial charge in [-0.1, -0.05) is 34.1 Å². The molecule has 0 aromatic heterocycles. The standard InChI is InChI=1S/2C6H12O/c1-5(2)3-6-4-7-6;1-3-5(2)6-4-7-6/h2*5-6H,3-4H2,1-2H3. The molecule has 3 unspecified atom stereocenters. The van der Waals surface area contributed by atoms with E-state index in [0.29, 0.717) is 12.2 Å². The number of ether oxygens (including phenoxy) is 2. The molecule has 2 fully saturated rings. The van der Waals surface area contributed by atoms with Gasteiger partial charge in [0.05, 0.1) is 25.4 Å². The van der Waals surface area contributed by atoms with Crippen LogP contribution >= 0.6 is 0 Å². The molecule has 2 nitrogen and oxygen atoms in total. The lowest BCUT2D eigenvalue weighted by Crippen LogP contribution is -1.99. The molecule has 2 heterocycles. The third-order valence-corrected chi connectivity index (χ3v) is 2.77. The van der Waals surface area contributed by atoms with Gasteiger partial charge in [0.25, 0.3) is 0 Å². The molecule has 84 valence electrons. The van der Waals surface area contributed by atoms with E-state index in [1.165, 1.54) is 12.8 Å². The van der Waals surface area contributed by atoms with Crippen LogP contribution in [0.1, 0.15) is 40.5 Å². The summed E-state index contributed by atoms with van der Waals surface area (Å²) in [5.74, 6) is 1.60. The molecule has 2 aliphatic heterocycles. The van der Waals surface area contributed by atoms with Crippen LogP contribution in [0.5, 0.6) is 0 Å². The summed E-state index contributed by atoms with van der Waals surface area (Å²) in [6.07, 6.45) is 3.75. The molecule has 14 heavy (non-hydrogen) atoms. The van der Waals surface area contributed by atoms with E-state index in [1.54, 1.807) is 0 Å². The van der Waals surface area contributed by atoms with Crippen molar-refractivity contribution >= 4 is 0 Å². The van der Waals surface area contributed by atoms with E-state index in [-0.39, 0.29) is 0 Å². The van der Waals surface area contributed by atoms with Crippen molar-refractivity contribution in [2.24, 2.45) is 11.8 Å². The minimum Gasteiger partial charge on any atom is -0.373 e. The fourth-order valence-electron chi connectivity index (χ4n) is 1.38. The van der Waals surface area contributed by atoms with Crippen molar-refractivity contribution in [2.45, 2.75) is 52.7 Å². The van der Waals surface area contributed by atoms with Gasteiger partial charge < -0.3 is 9.47 Å². The van der Waals surface area contributed by atoms with Crippen LogP contribution < -0.4 is 0 Å². The van der Waals surface area contributed by atoms with E-state index < -0.39 is 0 Å². The van der Waals surface area contributed by atoms with Crippen LogP contribution in [0.2, 0.25) is 0 Å². The highest BCUT2D eigenvalue weighted by Gasteiger charge is 2.27. The van der Waals surface area contributed by atoms with E-state index in [1.807, 2.05) is 0 Å². The Labute approximate surface area is 88.0 Å². The van der Waals surface area contributed by atoms with Gasteiger partial charge in [-0.2, -0.15) is 0 Å². The SMILES string of the molecule is CC(C)CC1CO1.CCC(C)C1CO1. The maximum Gasteiger partial charge on any atom is 0.0835 e. The van der Waals surface area contributed by atoms with Gasteiger partial charge in [-0.05, 0) is 18.3 Å². The summed E-state index contributed by atoms with van der Waals surface area (Å²) in [5, 5.41) is 0. The lowest BCUT2D eigenvalue weighted by Gasteiger charge is -1.98. The average molecular weight is 200 g/mol. The van der Waals surface area contributed by atoms with E-state index >= 15 is 0 Å². The zero-order valence-corrected chi connectivity index (χ0v) is 9.95. The molecule has 0 saturated carbocycles. The van der Waals surface area contributed by atoms with Crippen LogP contribution in [0.15, 0.2) is 0 Å². The van der Waals surface area contributed by atoms with Gasteiger partial charge in [-0.25, -0.2) is 0 Å². The first-order chi connectivity index (χ1) is 6.63. The quantitative estimate of drug-likeness (QED) is 0.652. The molecule has 2 heteroatoms.